The fourth-order valence-electron chi connectivity index (χ4n) is 3.61. The number of aryl methyl sites for hydroxylation is 4. The summed E-state index contributed by atoms with van der Waals surface area (Å²) in [4.78, 5) is 30.2. The van der Waals surface area contributed by atoms with Gasteiger partial charge in [0, 0.05) is 38.1 Å². The van der Waals surface area contributed by atoms with Crippen LogP contribution in [0, 0.1) is 20.8 Å². The fourth-order valence-corrected chi connectivity index (χ4v) is 3.61. The van der Waals surface area contributed by atoms with E-state index in [4.69, 9.17) is 4.74 Å². The summed E-state index contributed by atoms with van der Waals surface area (Å²) < 4.78 is 7.43. The van der Waals surface area contributed by atoms with E-state index in [1.165, 1.54) is 6.20 Å². The van der Waals surface area contributed by atoms with Crippen molar-refractivity contribution in [1.82, 2.24) is 35.0 Å². The van der Waals surface area contributed by atoms with E-state index in [2.05, 4.69) is 41.0 Å². The number of hydrogen-bond donors (Lipinski definition) is 3. The first-order valence-corrected chi connectivity index (χ1v) is 10.9. The predicted molar refractivity (Wildman–Crippen MR) is 133 cm³/mol. The van der Waals surface area contributed by atoms with Gasteiger partial charge < -0.3 is 20.7 Å². The summed E-state index contributed by atoms with van der Waals surface area (Å²) in [6.07, 6.45) is 1.50. The normalized spacial score (nSPS) is 10.7. The summed E-state index contributed by atoms with van der Waals surface area (Å²) in [7, 11) is 4.99. The van der Waals surface area contributed by atoms with Crippen molar-refractivity contribution >= 4 is 28.9 Å². The molecular weight excluding hydrogens is 446 g/mol. The van der Waals surface area contributed by atoms with Gasteiger partial charge in [0.15, 0.2) is 11.6 Å². The van der Waals surface area contributed by atoms with Crippen molar-refractivity contribution in [1.29, 1.82) is 0 Å². The first-order chi connectivity index (χ1) is 16.8. The monoisotopic (exact) mass is 473 g/mol. The summed E-state index contributed by atoms with van der Waals surface area (Å²) in [5, 5.41) is 13.6. The summed E-state index contributed by atoms with van der Waals surface area (Å²) in [6, 6.07) is 9.18. The van der Waals surface area contributed by atoms with Crippen LogP contribution < -0.4 is 20.7 Å². The van der Waals surface area contributed by atoms with Crippen molar-refractivity contribution in [2.24, 2.45) is 7.05 Å². The van der Waals surface area contributed by atoms with E-state index < -0.39 is 0 Å². The molecule has 0 unspecified atom stereocenters. The number of rotatable bonds is 7. The lowest BCUT2D eigenvalue weighted by Crippen LogP contribution is -2.19. The van der Waals surface area contributed by atoms with Crippen molar-refractivity contribution < 1.29 is 9.53 Å². The second kappa shape index (κ2) is 9.75. The van der Waals surface area contributed by atoms with Gasteiger partial charge in [-0.15, -0.1) is 0 Å². The van der Waals surface area contributed by atoms with Crippen LogP contribution in [0.15, 0.2) is 36.5 Å². The summed E-state index contributed by atoms with van der Waals surface area (Å²) in [5.74, 6) is 3.36. The Kier molecular flexibility index (Phi) is 6.58. The number of amides is 1. The average molecular weight is 474 g/mol. The highest BCUT2D eigenvalue weighted by Crippen LogP contribution is 2.37. The highest BCUT2D eigenvalue weighted by Gasteiger charge is 2.18. The molecule has 0 atom stereocenters. The third-order valence-electron chi connectivity index (χ3n) is 5.31. The van der Waals surface area contributed by atoms with Gasteiger partial charge in [0.1, 0.15) is 23.3 Å². The molecule has 35 heavy (non-hydrogen) atoms. The van der Waals surface area contributed by atoms with Crippen LogP contribution in [0.2, 0.25) is 0 Å². The maximum Gasteiger partial charge on any atom is 0.254 e. The minimum Gasteiger partial charge on any atom is -0.494 e. The lowest BCUT2D eigenvalue weighted by molar-refractivity contribution is 0.0963. The molecule has 3 aromatic heterocycles. The number of pyridine rings is 1. The van der Waals surface area contributed by atoms with E-state index in [1.807, 2.05) is 52.1 Å². The first kappa shape index (κ1) is 23.6. The van der Waals surface area contributed by atoms with Gasteiger partial charge in [-0.1, -0.05) is 6.07 Å². The van der Waals surface area contributed by atoms with E-state index in [-0.39, 0.29) is 5.91 Å². The Morgan fingerprint density at radius 2 is 1.80 bits per heavy atom. The van der Waals surface area contributed by atoms with E-state index in [0.29, 0.717) is 46.0 Å². The molecular formula is C24H27N9O2. The molecule has 3 N–H and O–H groups in total. The number of aromatic nitrogens is 6. The number of nitrogens with zero attached hydrogens (tertiary/aromatic N) is 6. The number of nitrogens with one attached hydrogen (secondary N) is 3. The number of hydrogen-bond acceptors (Lipinski definition) is 9. The fraction of sp³-hybridized carbons (Fsp3) is 0.250. The van der Waals surface area contributed by atoms with Crippen molar-refractivity contribution in [3.05, 3.63) is 59.4 Å². The third kappa shape index (κ3) is 5.03. The number of ether oxygens (including phenoxy) is 1. The number of benzene rings is 1. The maximum atomic E-state index is 12.6. The molecule has 11 nitrogen and oxygen atoms in total. The number of methoxy groups -OCH3 is 1. The van der Waals surface area contributed by atoms with Crippen LogP contribution in [0.4, 0.5) is 23.0 Å². The van der Waals surface area contributed by atoms with Gasteiger partial charge in [0.2, 0.25) is 0 Å². The van der Waals surface area contributed by atoms with Gasteiger partial charge >= 0.3 is 0 Å². The number of anilines is 4. The molecule has 3 heterocycles. The molecule has 0 bridgehead atoms. The zero-order chi connectivity index (χ0) is 25.1. The first-order valence-electron chi connectivity index (χ1n) is 10.9. The van der Waals surface area contributed by atoms with Crippen LogP contribution in [0.1, 0.15) is 27.7 Å². The van der Waals surface area contributed by atoms with Crippen LogP contribution >= 0.6 is 0 Å². The van der Waals surface area contributed by atoms with Crippen LogP contribution in [-0.2, 0) is 7.05 Å². The highest BCUT2D eigenvalue weighted by atomic mass is 16.5. The Morgan fingerprint density at radius 1 is 1.00 bits per heavy atom. The van der Waals surface area contributed by atoms with Gasteiger partial charge in [-0.25, -0.2) is 19.9 Å². The van der Waals surface area contributed by atoms with Crippen molar-refractivity contribution in [2.45, 2.75) is 20.8 Å². The largest absolute Gasteiger partial charge is 0.494 e. The molecule has 0 aliphatic carbocycles. The standard InChI is InChI=1S/C24H27N9O2/c1-13-10-21(28-14(2)27-13)31-20-11-19(17(12-26-20)24(34)25-4)30-18-9-7-8-16(22(18)35-6)23-29-15(3)33(5)32-23/h7-12H,1-6H3,(H,25,34)(H2,26,27,28,30,31). The number of para-hydroxylation sites is 1. The molecule has 11 heteroatoms. The molecule has 180 valence electrons. The Hall–Kier alpha value is -4.54. The minimum atomic E-state index is -0.280. The van der Waals surface area contributed by atoms with Crippen molar-refractivity contribution in [3.8, 4) is 17.1 Å². The molecule has 0 aliphatic heterocycles. The van der Waals surface area contributed by atoms with Gasteiger partial charge in [0.25, 0.3) is 5.91 Å². The van der Waals surface area contributed by atoms with E-state index in [9.17, 15) is 4.79 Å². The Morgan fingerprint density at radius 3 is 2.46 bits per heavy atom. The smallest absolute Gasteiger partial charge is 0.254 e. The van der Waals surface area contributed by atoms with E-state index in [1.54, 1.807) is 24.9 Å². The molecule has 4 rings (SSSR count). The van der Waals surface area contributed by atoms with E-state index in [0.717, 1.165) is 17.1 Å². The van der Waals surface area contributed by atoms with Crippen LogP contribution in [0.3, 0.4) is 0 Å². The second-order valence-corrected chi connectivity index (χ2v) is 7.88. The maximum absolute atomic E-state index is 12.6. The average Bonchev–Trinajstić information content (AvgIpc) is 3.16. The zero-order valence-corrected chi connectivity index (χ0v) is 20.5. The quantitative estimate of drug-likeness (QED) is 0.369. The summed E-state index contributed by atoms with van der Waals surface area (Å²) in [5.41, 5.74) is 3.10. The summed E-state index contributed by atoms with van der Waals surface area (Å²) in [6.45, 7) is 5.60. The van der Waals surface area contributed by atoms with Gasteiger partial charge in [-0.2, -0.15) is 5.10 Å². The molecule has 0 spiro atoms. The number of carbonyl (C=O) groups excluding carboxylic acids is 1. The SMILES string of the molecule is CNC(=O)c1cnc(Nc2cc(C)nc(C)n2)cc1Nc1cccc(-c2nc(C)n(C)n2)c1OC. The van der Waals surface area contributed by atoms with E-state index >= 15 is 0 Å². The molecule has 0 aliphatic rings. The molecule has 1 amide bonds. The summed E-state index contributed by atoms with van der Waals surface area (Å²) >= 11 is 0. The minimum absolute atomic E-state index is 0.280. The van der Waals surface area contributed by atoms with Crippen molar-refractivity contribution in [3.63, 3.8) is 0 Å². The van der Waals surface area contributed by atoms with Crippen LogP contribution in [0.25, 0.3) is 11.4 Å². The molecule has 4 aromatic rings. The van der Waals surface area contributed by atoms with Gasteiger partial charge in [-0.3, -0.25) is 9.48 Å². The second-order valence-electron chi connectivity index (χ2n) is 7.88. The Bertz CT molecular complexity index is 1360. The topological polar surface area (TPSA) is 132 Å². The lowest BCUT2D eigenvalue weighted by atomic mass is 10.1. The third-order valence-corrected chi connectivity index (χ3v) is 5.31. The lowest BCUT2D eigenvalue weighted by Gasteiger charge is -2.17. The highest BCUT2D eigenvalue weighted by molar-refractivity contribution is 6.00. The molecule has 1 aromatic carbocycles. The Labute approximate surface area is 203 Å². The van der Waals surface area contributed by atoms with Crippen LogP contribution in [-0.4, -0.2) is 49.8 Å². The van der Waals surface area contributed by atoms with Crippen LogP contribution in [0.5, 0.6) is 5.75 Å². The zero-order valence-electron chi connectivity index (χ0n) is 20.5. The predicted octanol–water partition coefficient (Wildman–Crippen LogP) is 3.45. The Balaban J connectivity index is 1.75. The molecule has 0 radical (unpaired) electrons. The van der Waals surface area contributed by atoms with Gasteiger partial charge in [0.05, 0.1) is 29.6 Å². The molecule has 0 fully saturated rings. The molecule has 0 saturated heterocycles. The number of carbonyl (C=O) groups is 1. The van der Waals surface area contributed by atoms with Crippen molar-refractivity contribution in [2.75, 3.05) is 24.8 Å². The molecule has 0 saturated carbocycles. The van der Waals surface area contributed by atoms with Gasteiger partial charge in [-0.05, 0) is 32.9 Å².